The monoisotopic (exact) mass is 172 g/mol. The number of nitro groups is 1. The Labute approximate surface area is 72.5 Å². The van der Waals surface area contributed by atoms with Crippen LogP contribution in [0.5, 0.6) is 0 Å². The molecule has 0 spiro atoms. The van der Waals surface area contributed by atoms with E-state index in [-0.39, 0.29) is 4.92 Å². The van der Waals surface area contributed by atoms with E-state index in [0.29, 0.717) is 18.4 Å². The van der Waals surface area contributed by atoms with Crippen LogP contribution < -0.4 is 5.32 Å². The van der Waals surface area contributed by atoms with Crippen LogP contribution in [0.1, 0.15) is 33.1 Å². The van der Waals surface area contributed by atoms with Gasteiger partial charge >= 0.3 is 0 Å². The normalized spacial score (nSPS) is 35.3. The summed E-state index contributed by atoms with van der Waals surface area (Å²) in [5.74, 6) is 0.491. The molecular weight excluding hydrogens is 156 g/mol. The molecule has 0 radical (unpaired) electrons. The third-order valence-electron chi connectivity index (χ3n) is 2.72. The maximum atomic E-state index is 10.5. The zero-order valence-electron chi connectivity index (χ0n) is 7.62. The zero-order valence-corrected chi connectivity index (χ0v) is 7.62. The van der Waals surface area contributed by atoms with E-state index in [1.165, 1.54) is 0 Å². The van der Waals surface area contributed by atoms with Crippen molar-refractivity contribution in [2.75, 3.05) is 0 Å². The van der Waals surface area contributed by atoms with Crippen molar-refractivity contribution in [2.45, 2.75) is 45.3 Å². The summed E-state index contributed by atoms with van der Waals surface area (Å²) in [6, 6.07) is 0.352. The van der Waals surface area contributed by atoms with Gasteiger partial charge in [0.1, 0.15) is 0 Å². The van der Waals surface area contributed by atoms with Crippen molar-refractivity contribution in [3.63, 3.8) is 0 Å². The van der Waals surface area contributed by atoms with Crippen LogP contribution in [0.25, 0.3) is 0 Å². The van der Waals surface area contributed by atoms with Crippen LogP contribution in [0, 0.1) is 16.0 Å². The molecule has 3 unspecified atom stereocenters. The predicted octanol–water partition coefficient (Wildman–Crippen LogP) is 1.39. The lowest BCUT2D eigenvalue weighted by Crippen LogP contribution is -2.35. The van der Waals surface area contributed by atoms with Crippen LogP contribution in [0.3, 0.4) is 0 Å². The van der Waals surface area contributed by atoms with E-state index in [0.717, 1.165) is 12.8 Å². The first-order valence-corrected chi connectivity index (χ1v) is 4.58. The van der Waals surface area contributed by atoms with Gasteiger partial charge in [-0.2, -0.15) is 0 Å². The van der Waals surface area contributed by atoms with Gasteiger partial charge < -0.3 is 0 Å². The number of hydrogen-bond donors (Lipinski definition) is 1. The Morgan fingerprint density at radius 1 is 1.50 bits per heavy atom. The largest absolute Gasteiger partial charge is 0.266 e. The van der Waals surface area contributed by atoms with Crippen molar-refractivity contribution in [3.05, 3.63) is 10.1 Å². The Bertz CT molecular complexity index is 160. The van der Waals surface area contributed by atoms with Crippen LogP contribution in [0.15, 0.2) is 0 Å². The second kappa shape index (κ2) is 3.85. The summed E-state index contributed by atoms with van der Waals surface area (Å²) in [4.78, 5) is 10.3. The lowest BCUT2D eigenvalue weighted by molar-refractivity contribution is -0.527. The van der Waals surface area contributed by atoms with Crippen molar-refractivity contribution < 1.29 is 4.92 Å². The molecule has 1 fully saturated rings. The molecular formula is C8H16N2O2. The van der Waals surface area contributed by atoms with Crippen molar-refractivity contribution in [1.29, 1.82) is 0 Å². The molecule has 1 heterocycles. The van der Waals surface area contributed by atoms with E-state index in [9.17, 15) is 10.1 Å². The fourth-order valence-corrected chi connectivity index (χ4v) is 1.95. The Hall–Kier alpha value is -0.640. The molecule has 0 aromatic carbocycles. The zero-order chi connectivity index (χ0) is 9.14. The van der Waals surface area contributed by atoms with Crippen molar-refractivity contribution in [2.24, 2.45) is 5.92 Å². The molecule has 0 aromatic heterocycles. The standard InChI is InChI=1S/C8H16N2O2/c1-3-6-5-8(10(11)12)9-7(6)4-2/h6-9H,3-5H2,1-2H3. The van der Waals surface area contributed by atoms with Crippen molar-refractivity contribution in [1.82, 2.24) is 5.32 Å². The molecule has 1 rings (SSSR count). The highest BCUT2D eigenvalue weighted by molar-refractivity contribution is 4.84. The molecule has 0 aromatic rings. The summed E-state index contributed by atoms with van der Waals surface area (Å²) >= 11 is 0. The molecule has 4 nitrogen and oxygen atoms in total. The molecule has 4 heteroatoms. The SMILES string of the molecule is CCC1CC([N+](=O)[O-])NC1CC. The molecule has 12 heavy (non-hydrogen) atoms. The molecule has 0 bridgehead atoms. The molecule has 0 amide bonds. The molecule has 0 saturated carbocycles. The molecule has 1 aliphatic rings. The van der Waals surface area contributed by atoms with E-state index >= 15 is 0 Å². The van der Waals surface area contributed by atoms with Gasteiger partial charge in [-0.1, -0.05) is 20.3 Å². The first kappa shape index (κ1) is 9.45. The minimum Gasteiger partial charge on any atom is -0.263 e. The van der Waals surface area contributed by atoms with Crippen LogP contribution >= 0.6 is 0 Å². The van der Waals surface area contributed by atoms with E-state index in [1.807, 2.05) is 0 Å². The lowest BCUT2D eigenvalue weighted by atomic mass is 9.96. The highest BCUT2D eigenvalue weighted by Crippen LogP contribution is 2.25. The predicted molar refractivity (Wildman–Crippen MR) is 46.4 cm³/mol. The van der Waals surface area contributed by atoms with Gasteiger partial charge in [-0.3, -0.25) is 15.4 Å². The summed E-state index contributed by atoms with van der Waals surface area (Å²) in [6.45, 7) is 4.17. The van der Waals surface area contributed by atoms with Gasteiger partial charge in [-0.15, -0.1) is 0 Å². The van der Waals surface area contributed by atoms with Gasteiger partial charge in [0, 0.05) is 17.4 Å². The summed E-state index contributed by atoms with van der Waals surface area (Å²) in [7, 11) is 0. The topological polar surface area (TPSA) is 55.2 Å². The number of rotatable bonds is 3. The Kier molecular flexibility index (Phi) is 3.03. The molecule has 3 atom stereocenters. The molecule has 70 valence electrons. The number of nitrogens with zero attached hydrogens (tertiary/aromatic N) is 1. The highest BCUT2D eigenvalue weighted by atomic mass is 16.6. The van der Waals surface area contributed by atoms with E-state index in [2.05, 4.69) is 19.2 Å². The minimum atomic E-state index is -0.500. The molecule has 0 aliphatic carbocycles. The Balaban J connectivity index is 2.53. The van der Waals surface area contributed by atoms with Crippen LogP contribution in [-0.4, -0.2) is 17.1 Å². The smallest absolute Gasteiger partial charge is 0.263 e. The summed E-state index contributed by atoms with van der Waals surface area (Å²) in [6.07, 6.45) is 2.22. The summed E-state index contributed by atoms with van der Waals surface area (Å²) in [5.41, 5.74) is 0. The third kappa shape index (κ3) is 1.75. The second-order valence-corrected chi connectivity index (χ2v) is 3.39. The van der Waals surface area contributed by atoms with Gasteiger partial charge in [0.15, 0.2) is 0 Å². The summed E-state index contributed by atoms with van der Waals surface area (Å²) < 4.78 is 0. The fraction of sp³-hybridized carbons (Fsp3) is 1.00. The molecule has 1 aliphatic heterocycles. The average molecular weight is 172 g/mol. The average Bonchev–Trinajstić information content (AvgIpc) is 2.46. The van der Waals surface area contributed by atoms with Crippen LogP contribution in [-0.2, 0) is 0 Å². The maximum absolute atomic E-state index is 10.5. The van der Waals surface area contributed by atoms with Gasteiger partial charge in [0.05, 0.1) is 0 Å². The Morgan fingerprint density at radius 2 is 2.17 bits per heavy atom. The molecule has 1 N–H and O–H groups in total. The fourth-order valence-electron chi connectivity index (χ4n) is 1.95. The lowest BCUT2D eigenvalue weighted by Gasteiger charge is -2.13. The van der Waals surface area contributed by atoms with Crippen molar-refractivity contribution in [3.8, 4) is 0 Å². The van der Waals surface area contributed by atoms with Gasteiger partial charge in [-0.25, -0.2) is 0 Å². The van der Waals surface area contributed by atoms with Crippen molar-refractivity contribution >= 4 is 0 Å². The van der Waals surface area contributed by atoms with Gasteiger partial charge in [-0.05, 0) is 12.3 Å². The third-order valence-corrected chi connectivity index (χ3v) is 2.72. The highest BCUT2D eigenvalue weighted by Gasteiger charge is 2.37. The van der Waals surface area contributed by atoms with E-state index < -0.39 is 6.17 Å². The first-order chi connectivity index (χ1) is 5.69. The maximum Gasteiger partial charge on any atom is 0.266 e. The minimum absolute atomic E-state index is 0.210. The van der Waals surface area contributed by atoms with Gasteiger partial charge in [0.25, 0.3) is 6.17 Å². The molecule has 1 saturated heterocycles. The second-order valence-electron chi connectivity index (χ2n) is 3.39. The van der Waals surface area contributed by atoms with Gasteiger partial charge in [0.2, 0.25) is 0 Å². The number of nitrogens with one attached hydrogen (secondary N) is 1. The summed E-state index contributed by atoms with van der Waals surface area (Å²) in [5, 5.41) is 13.5. The Morgan fingerprint density at radius 3 is 2.50 bits per heavy atom. The van der Waals surface area contributed by atoms with E-state index in [1.54, 1.807) is 0 Å². The van der Waals surface area contributed by atoms with Crippen LogP contribution in [0.2, 0.25) is 0 Å². The quantitative estimate of drug-likeness (QED) is 0.517. The number of hydrogen-bond acceptors (Lipinski definition) is 3. The first-order valence-electron chi connectivity index (χ1n) is 4.58. The van der Waals surface area contributed by atoms with E-state index in [4.69, 9.17) is 0 Å². The van der Waals surface area contributed by atoms with Crippen LogP contribution in [0.4, 0.5) is 0 Å².